The molecule has 5 nitrogen and oxygen atoms in total. The number of rotatable bonds is 7. The number of nitrogens with two attached hydrogens (primary N) is 1. The van der Waals surface area contributed by atoms with Gasteiger partial charge in [0, 0.05) is 13.1 Å². The van der Waals surface area contributed by atoms with Crippen LogP contribution in [0, 0.1) is 11.8 Å². The van der Waals surface area contributed by atoms with E-state index in [1.807, 2.05) is 13.8 Å². The molecule has 0 saturated carbocycles. The Labute approximate surface area is 104 Å². The first-order valence-corrected chi connectivity index (χ1v) is 6.27. The Kier molecular flexibility index (Phi) is 7.34. The fraction of sp³-hybridized carbons (Fsp3) is 0.833. The highest BCUT2D eigenvalue weighted by Gasteiger charge is 2.26. The van der Waals surface area contributed by atoms with Crippen LogP contribution in [0.25, 0.3) is 0 Å². The lowest BCUT2D eigenvalue weighted by Gasteiger charge is -2.27. The molecule has 0 aliphatic heterocycles. The highest BCUT2D eigenvalue weighted by Crippen LogP contribution is 2.11. The summed E-state index contributed by atoms with van der Waals surface area (Å²) >= 11 is 0. The number of hydrogen-bond acceptors (Lipinski definition) is 3. The van der Waals surface area contributed by atoms with Gasteiger partial charge in [0.1, 0.15) is 0 Å². The summed E-state index contributed by atoms with van der Waals surface area (Å²) in [5.74, 6) is -0.0987. The van der Waals surface area contributed by atoms with Crippen molar-refractivity contribution in [2.75, 3.05) is 13.1 Å². The Hall–Kier alpha value is -1.26. The minimum Gasteiger partial charge on any atom is -0.409 e. The van der Waals surface area contributed by atoms with E-state index in [-0.39, 0.29) is 11.7 Å². The number of carbonyl (C=O) groups is 1. The summed E-state index contributed by atoms with van der Waals surface area (Å²) in [5, 5.41) is 11.6. The van der Waals surface area contributed by atoms with Crippen molar-refractivity contribution in [3.8, 4) is 0 Å². The van der Waals surface area contributed by atoms with Gasteiger partial charge in [0.2, 0.25) is 5.91 Å². The second-order valence-electron chi connectivity index (χ2n) is 4.38. The molecule has 0 rings (SSSR count). The monoisotopic (exact) mass is 243 g/mol. The number of nitrogens with zero attached hydrogens (tertiary/aromatic N) is 2. The molecule has 0 aliphatic carbocycles. The molecule has 1 amide bonds. The number of amides is 1. The van der Waals surface area contributed by atoms with Gasteiger partial charge >= 0.3 is 0 Å². The fourth-order valence-corrected chi connectivity index (χ4v) is 1.68. The average Bonchev–Trinajstić information content (AvgIpc) is 2.35. The molecule has 3 N–H and O–H groups in total. The molecule has 0 aromatic rings. The van der Waals surface area contributed by atoms with Crippen molar-refractivity contribution in [3.63, 3.8) is 0 Å². The Morgan fingerprint density at radius 2 is 1.94 bits per heavy atom. The molecule has 0 aromatic heterocycles. The van der Waals surface area contributed by atoms with Gasteiger partial charge in [-0.1, -0.05) is 32.3 Å². The van der Waals surface area contributed by atoms with Crippen molar-refractivity contribution < 1.29 is 10.0 Å². The van der Waals surface area contributed by atoms with E-state index in [0.717, 1.165) is 13.0 Å². The predicted octanol–water partition coefficient (Wildman–Crippen LogP) is 1.65. The summed E-state index contributed by atoms with van der Waals surface area (Å²) in [6.45, 7) is 9.39. The van der Waals surface area contributed by atoms with Gasteiger partial charge in [0.25, 0.3) is 0 Å². The van der Waals surface area contributed by atoms with Crippen LogP contribution in [-0.4, -0.2) is 34.9 Å². The van der Waals surface area contributed by atoms with Gasteiger partial charge in [0.05, 0.1) is 5.92 Å². The van der Waals surface area contributed by atoms with Gasteiger partial charge in [-0.05, 0) is 19.3 Å². The maximum Gasteiger partial charge on any atom is 0.233 e. The van der Waals surface area contributed by atoms with Crippen molar-refractivity contribution in [2.45, 2.75) is 40.5 Å². The van der Waals surface area contributed by atoms with Gasteiger partial charge in [-0.3, -0.25) is 4.79 Å². The van der Waals surface area contributed by atoms with E-state index < -0.39 is 5.92 Å². The first kappa shape index (κ1) is 15.7. The maximum atomic E-state index is 12.2. The minimum atomic E-state index is -0.510. The fourth-order valence-electron chi connectivity index (χ4n) is 1.68. The van der Waals surface area contributed by atoms with Crippen molar-refractivity contribution in [1.29, 1.82) is 0 Å². The normalized spacial score (nSPS) is 15.4. The molecule has 0 aliphatic rings. The zero-order valence-electron chi connectivity index (χ0n) is 11.3. The Balaban J connectivity index is 4.71. The first-order valence-electron chi connectivity index (χ1n) is 6.27. The van der Waals surface area contributed by atoms with Gasteiger partial charge in [-0.15, -0.1) is 0 Å². The maximum absolute atomic E-state index is 12.2. The zero-order valence-corrected chi connectivity index (χ0v) is 11.3. The first-order chi connectivity index (χ1) is 8.01. The molecule has 5 heteroatoms. The lowest BCUT2D eigenvalue weighted by molar-refractivity contribution is -0.133. The van der Waals surface area contributed by atoms with Crippen LogP contribution in [0.5, 0.6) is 0 Å². The SMILES string of the molecule is CCC(C)CN(CC)C(=O)C(CC)/C(N)=N/O. The van der Waals surface area contributed by atoms with E-state index >= 15 is 0 Å². The number of carbonyl (C=O) groups excluding carboxylic acids is 1. The van der Waals surface area contributed by atoms with Crippen molar-refractivity contribution in [1.82, 2.24) is 4.90 Å². The quantitative estimate of drug-likeness (QED) is 0.309. The molecule has 0 saturated heterocycles. The predicted molar refractivity (Wildman–Crippen MR) is 68.9 cm³/mol. The minimum absolute atomic E-state index is 0.0000940. The molecule has 0 spiro atoms. The summed E-state index contributed by atoms with van der Waals surface area (Å²) in [6.07, 6.45) is 1.58. The average molecular weight is 243 g/mol. The van der Waals surface area contributed by atoms with Crippen LogP contribution in [0.2, 0.25) is 0 Å². The molecule has 0 aromatic carbocycles. The molecule has 0 heterocycles. The standard InChI is InChI=1S/C12H25N3O2/c1-5-9(4)8-15(7-3)12(16)10(6-2)11(13)14-17/h9-10,17H,5-8H2,1-4H3,(H2,13,14). The summed E-state index contributed by atoms with van der Waals surface area (Å²) < 4.78 is 0. The van der Waals surface area contributed by atoms with Gasteiger partial charge in [-0.2, -0.15) is 0 Å². The topological polar surface area (TPSA) is 78.9 Å². The van der Waals surface area contributed by atoms with E-state index in [1.54, 1.807) is 4.90 Å². The summed E-state index contributed by atoms with van der Waals surface area (Å²) in [4.78, 5) is 14.0. The van der Waals surface area contributed by atoms with Crippen LogP contribution in [-0.2, 0) is 4.79 Å². The Bertz CT molecular complexity index is 266. The molecular weight excluding hydrogens is 218 g/mol. The molecule has 0 fully saturated rings. The van der Waals surface area contributed by atoms with E-state index in [9.17, 15) is 4.79 Å². The van der Waals surface area contributed by atoms with Crippen LogP contribution in [0.15, 0.2) is 5.16 Å². The molecule has 0 bridgehead atoms. The Morgan fingerprint density at radius 1 is 1.35 bits per heavy atom. The second kappa shape index (κ2) is 7.92. The number of hydrogen-bond donors (Lipinski definition) is 2. The Morgan fingerprint density at radius 3 is 2.29 bits per heavy atom. The van der Waals surface area contributed by atoms with Crippen LogP contribution in [0.1, 0.15) is 40.5 Å². The number of amidine groups is 1. The molecule has 2 unspecified atom stereocenters. The van der Waals surface area contributed by atoms with E-state index in [2.05, 4.69) is 19.0 Å². The van der Waals surface area contributed by atoms with Crippen LogP contribution in [0.4, 0.5) is 0 Å². The molecule has 0 radical (unpaired) electrons. The zero-order chi connectivity index (χ0) is 13.4. The van der Waals surface area contributed by atoms with E-state index in [1.165, 1.54) is 0 Å². The van der Waals surface area contributed by atoms with E-state index in [4.69, 9.17) is 10.9 Å². The van der Waals surface area contributed by atoms with Gasteiger partial charge in [-0.25, -0.2) is 0 Å². The summed E-state index contributed by atoms with van der Waals surface area (Å²) in [6, 6.07) is 0. The van der Waals surface area contributed by atoms with Crippen molar-refractivity contribution >= 4 is 11.7 Å². The third-order valence-corrected chi connectivity index (χ3v) is 3.10. The molecular formula is C12H25N3O2. The second-order valence-corrected chi connectivity index (χ2v) is 4.38. The van der Waals surface area contributed by atoms with Crippen molar-refractivity contribution in [2.24, 2.45) is 22.7 Å². The summed E-state index contributed by atoms with van der Waals surface area (Å²) in [7, 11) is 0. The largest absolute Gasteiger partial charge is 0.409 e. The lowest BCUT2D eigenvalue weighted by atomic mass is 10.0. The lowest BCUT2D eigenvalue weighted by Crippen LogP contribution is -2.43. The third-order valence-electron chi connectivity index (χ3n) is 3.10. The molecule has 2 atom stereocenters. The van der Waals surface area contributed by atoms with E-state index in [0.29, 0.717) is 18.9 Å². The van der Waals surface area contributed by atoms with Crippen LogP contribution in [0.3, 0.4) is 0 Å². The highest BCUT2D eigenvalue weighted by atomic mass is 16.4. The smallest absolute Gasteiger partial charge is 0.233 e. The van der Waals surface area contributed by atoms with Gasteiger partial charge < -0.3 is 15.8 Å². The molecule has 17 heavy (non-hydrogen) atoms. The highest BCUT2D eigenvalue weighted by molar-refractivity contribution is 6.01. The van der Waals surface area contributed by atoms with Crippen molar-refractivity contribution in [3.05, 3.63) is 0 Å². The summed E-state index contributed by atoms with van der Waals surface area (Å²) in [5.41, 5.74) is 5.54. The molecule has 100 valence electrons. The van der Waals surface area contributed by atoms with Crippen LogP contribution >= 0.6 is 0 Å². The van der Waals surface area contributed by atoms with Gasteiger partial charge in [0.15, 0.2) is 5.84 Å². The van der Waals surface area contributed by atoms with Crippen LogP contribution < -0.4 is 5.73 Å². The number of oxime groups is 1. The third kappa shape index (κ3) is 4.63.